The molecule has 0 heterocycles. The maximum atomic E-state index is 7.78. The topological polar surface area (TPSA) is 18.5 Å². The normalized spacial score (nSPS) is 13.1. The predicted molar refractivity (Wildman–Crippen MR) is 156 cm³/mol. The van der Waals surface area contributed by atoms with Crippen LogP contribution in [0.15, 0.2) is 121 Å². The molecule has 4 rings (SSSR count). The van der Waals surface area contributed by atoms with Gasteiger partial charge in [-0.15, -0.1) is 0 Å². The lowest BCUT2D eigenvalue weighted by atomic mass is 10.3. The Morgan fingerprint density at radius 2 is 0.853 bits per heavy atom. The fraction of sp³-hybridized carbons (Fsp3) is 0.143. The average molecular weight is 515 g/mol. The molecule has 34 heavy (non-hydrogen) atoms. The summed E-state index contributed by atoms with van der Waals surface area (Å²) < 4.78 is 14.6. The summed E-state index contributed by atoms with van der Waals surface area (Å²) >= 11 is 0. The standard InChI is InChI=1S/C28H34O2Si4/c1-31(2)29-33(3,4)32(25-17-9-5-10-18-25)30-34(26-19-11-6-12-20-26,27-21-13-7-14-22-27)28-23-15-8-16-24-28/h5-24,31-32H,1-4H3. The van der Waals surface area contributed by atoms with Gasteiger partial charge in [0.25, 0.3) is 8.32 Å². The lowest BCUT2D eigenvalue weighted by Crippen LogP contribution is -2.75. The van der Waals surface area contributed by atoms with E-state index >= 15 is 0 Å². The van der Waals surface area contributed by atoms with E-state index in [-0.39, 0.29) is 0 Å². The first kappa shape index (κ1) is 24.8. The summed E-state index contributed by atoms with van der Waals surface area (Å²) in [5.74, 6) is 0. The summed E-state index contributed by atoms with van der Waals surface area (Å²) in [5.41, 5.74) is 0. The average Bonchev–Trinajstić information content (AvgIpc) is 2.86. The van der Waals surface area contributed by atoms with E-state index in [0.717, 1.165) is 0 Å². The molecule has 0 aromatic heterocycles. The van der Waals surface area contributed by atoms with Crippen molar-refractivity contribution in [2.24, 2.45) is 0 Å². The van der Waals surface area contributed by atoms with Crippen molar-refractivity contribution in [2.75, 3.05) is 0 Å². The second-order valence-corrected chi connectivity index (χ2v) is 26.9. The first-order valence-electron chi connectivity index (χ1n) is 12.0. The smallest absolute Gasteiger partial charge is 0.278 e. The van der Waals surface area contributed by atoms with Crippen LogP contribution in [0.5, 0.6) is 0 Å². The monoisotopic (exact) mass is 514 g/mol. The molecule has 0 radical (unpaired) electrons. The molecule has 0 bridgehead atoms. The van der Waals surface area contributed by atoms with Gasteiger partial charge in [0, 0.05) is 0 Å². The van der Waals surface area contributed by atoms with E-state index in [2.05, 4.69) is 148 Å². The predicted octanol–water partition coefficient (Wildman–Crippen LogP) is 3.58. The van der Waals surface area contributed by atoms with Crippen molar-refractivity contribution in [1.82, 2.24) is 0 Å². The van der Waals surface area contributed by atoms with Gasteiger partial charge in [-0.3, -0.25) is 0 Å². The van der Waals surface area contributed by atoms with Crippen LogP contribution in [0.25, 0.3) is 0 Å². The molecular formula is C28H34O2Si4. The van der Waals surface area contributed by atoms with Gasteiger partial charge in [-0.2, -0.15) is 0 Å². The number of hydrogen-bond donors (Lipinski definition) is 0. The molecule has 0 aliphatic rings. The summed E-state index contributed by atoms with van der Waals surface area (Å²) in [5, 5.41) is 5.20. The van der Waals surface area contributed by atoms with E-state index < -0.39 is 33.8 Å². The van der Waals surface area contributed by atoms with Gasteiger partial charge < -0.3 is 8.23 Å². The molecule has 6 heteroatoms. The highest BCUT2D eigenvalue weighted by Gasteiger charge is 2.49. The van der Waals surface area contributed by atoms with E-state index in [1.807, 2.05) is 0 Å². The number of benzene rings is 4. The van der Waals surface area contributed by atoms with Gasteiger partial charge in [-0.1, -0.05) is 121 Å². The largest absolute Gasteiger partial charge is 0.458 e. The SMILES string of the molecule is C[SiH](C)O[Si](C)(C)[SiH](O[Si](c1ccccc1)(c1ccccc1)c1ccccc1)c1ccccc1. The van der Waals surface area contributed by atoms with Gasteiger partial charge in [0.2, 0.25) is 8.56 Å². The molecule has 0 saturated carbocycles. The molecule has 1 atom stereocenters. The first-order chi connectivity index (χ1) is 16.4. The molecule has 4 aromatic rings. The van der Waals surface area contributed by atoms with Crippen LogP contribution in [-0.4, -0.2) is 33.8 Å². The van der Waals surface area contributed by atoms with Gasteiger partial charge in [-0.25, -0.2) is 0 Å². The molecule has 0 aliphatic heterocycles. The van der Waals surface area contributed by atoms with Crippen LogP contribution in [0.2, 0.25) is 26.2 Å². The van der Waals surface area contributed by atoms with Crippen molar-refractivity contribution in [3.8, 4) is 0 Å². The molecular weight excluding hydrogens is 481 g/mol. The van der Waals surface area contributed by atoms with Crippen molar-refractivity contribution in [1.29, 1.82) is 0 Å². The van der Waals surface area contributed by atoms with Gasteiger partial charge in [0.15, 0.2) is 16.9 Å². The summed E-state index contributed by atoms with van der Waals surface area (Å²) in [4.78, 5) is 0. The van der Waals surface area contributed by atoms with E-state index in [9.17, 15) is 0 Å². The molecule has 0 N–H and O–H groups in total. The van der Waals surface area contributed by atoms with Crippen LogP contribution in [0.3, 0.4) is 0 Å². The Bertz CT molecular complexity index is 1060. The molecule has 0 spiro atoms. The lowest BCUT2D eigenvalue weighted by Gasteiger charge is -2.42. The summed E-state index contributed by atoms with van der Waals surface area (Å²) in [7, 11) is -8.14. The fourth-order valence-corrected chi connectivity index (χ4v) is 29.9. The minimum Gasteiger partial charge on any atom is -0.458 e. The zero-order chi connectivity index (χ0) is 24.0. The van der Waals surface area contributed by atoms with E-state index in [1.165, 1.54) is 20.7 Å². The van der Waals surface area contributed by atoms with E-state index in [4.69, 9.17) is 8.23 Å². The van der Waals surface area contributed by atoms with Crippen molar-refractivity contribution in [3.05, 3.63) is 121 Å². The summed E-state index contributed by atoms with van der Waals surface area (Å²) in [6.07, 6.45) is 0. The van der Waals surface area contributed by atoms with Gasteiger partial charge in [-0.05, 0) is 46.9 Å². The molecule has 0 amide bonds. The maximum absolute atomic E-state index is 7.78. The third-order valence-electron chi connectivity index (χ3n) is 6.11. The Morgan fingerprint density at radius 1 is 0.500 bits per heavy atom. The third-order valence-corrected chi connectivity index (χ3v) is 25.5. The molecule has 0 aliphatic carbocycles. The van der Waals surface area contributed by atoms with Gasteiger partial charge in [0.05, 0.1) is 0 Å². The van der Waals surface area contributed by atoms with Crippen molar-refractivity contribution < 1.29 is 8.23 Å². The molecule has 0 saturated heterocycles. The first-order valence-corrected chi connectivity index (χ1v) is 22.5. The van der Waals surface area contributed by atoms with Crippen LogP contribution in [0.1, 0.15) is 0 Å². The molecule has 0 fully saturated rings. The molecule has 4 aromatic carbocycles. The van der Waals surface area contributed by atoms with Crippen LogP contribution < -0.4 is 20.7 Å². The second kappa shape index (κ2) is 10.9. The van der Waals surface area contributed by atoms with Crippen molar-refractivity contribution in [2.45, 2.75) is 26.2 Å². The van der Waals surface area contributed by atoms with Crippen molar-refractivity contribution >= 4 is 54.5 Å². The van der Waals surface area contributed by atoms with Crippen LogP contribution in [0, 0.1) is 0 Å². The van der Waals surface area contributed by atoms with E-state index in [1.54, 1.807) is 0 Å². The maximum Gasteiger partial charge on any atom is 0.278 e. The minimum atomic E-state index is -2.80. The Kier molecular flexibility index (Phi) is 7.98. The lowest BCUT2D eigenvalue weighted by molar-refractivity contribution is 0.563. The molecule has 1 unspecified atom stereocenters. The van der Waals surface area contributed by atoms with Gasteiger partial charge in [0.1, 0.15) is 0 Å². The molecule has 174 valence electrons. The van der Waals surface area contributed by atoms with Gasteiger partial charge >= 0.3 is 0 Å². The highest BCUT2D eigenvalue weighted by Crippen LogP contribution is 2.19. The van der Waals surface area contributed by atoms with Crippen LogP contribution in [0.4, 0.5) is 0 Å². The Labute approximate surface area is 209 Å². The zero-order valence-electron chi connectivity index (χ0n) is 20.5. The van der Waals surface area contributed by atoms with Crippen LogP contribution in [-0.2, 0) is 8.23 Å². The zero-order valence-corrected chi connectivity index (χ0v) is 24.8. The number of rotatable bonds is 9. The third kappa shape index (κ3) is 5.32. The highest BCUT2D eigenvalue weighted by atomic mass is 29.3. The highest BCUT2D eigenvalue weighted by molar-refractivity contribution is 7.35. The van der Waals surface area contributed by atoms with Crippen LogP contribution >= 0.6 is 0 Å². The molecule has 2 nitrogen and oxygen atoms in total. The van der Waals surface area contributed by atoms with Crippen molar-refractivity contribution in [3.63, 3.8) is 0 Å². The quantitative estimate of drug-likeness (QED) is 0.251. The summed E-state index contributed by atoms with van der Waals surface area (Å²) in [6.45, 7) is 9.32. The Balaban J connectivity index is 1.99. The Hall–Kier alpha value is -2.33. The fourth-order valence-electron chi connectivity index (χ4n) is 4.81. The Morgan fingerprint density at radius 3 is 1.21 bits per heavy atom. The number of hydrogen-bond acceptors (Lipinski definition) is 2. The van der Waals surface area contributed by atoms with E-state index in [0.29, 0.717) is 0 Å². The second-order valence-electron chi connectivity index (χ2n) is 9.46. The minimum absolute atomic E-state index is 1.23. The summed E-state index contributed by atoms with van der Waals surface area (Å²) in [6, 6.07) is 43.6.